The molecule has 0 aromatic heterocycles. The zero-order valence-corrected chi connectivity index (χ0v) is 18.4. The maximum absolute atomic E-state index is 12.8. The first-order valence-corrected chi connectivity index (χ1v) is 11.5. The lowest BCUT2D eigenvalue weighted by molar-refractivity contribution is -0.133. The Kier molecular flexibility index (Phi) is 8.79. The van der Waals surface area contributed by atoms with E-state index in [1.807, 2.05) is 17.0 Å². The average Bonchev–Trinajstić information content (AvgIpc) is 2.49. The summed E-state index contributed by atoms with van der Waals surface area (Å²) in [6.45, 7) is 12.1. The van der Waals surface area contributed by atoms with E-state index >= 15 is 0 Å². The van der Waals surface area contributed by atoms with Gasteiger partial charge in [-0.05, 0) is 41.9 Å². The molecular weight excluding hydrogens is 362 g/mol. The molecule has 0 bridgehead atoms. The summed E-state index contributed by atoms with van der Waals surface area (Å²) < 4.78 is 27.3. The Balaban J connectivity index is 2.77. The summed E-state index contributed by atoms with van der Waals surface area (Å²) in [7, 11) is -3.53. The minimum absolute atomic E-state index is 0.177. The Bertz CT molecular complexity index is 690. The number of hydrogen-bond acceptors (Lipinski definition) is 4. The quantitative estimate of drug-likeness (QED) is 0.541. The molecule has 1 atom stereocenters. The van der Waals surface area contributed by atoms with Crippen LogP contribution >= 0.6 is 0 Å². The van der Waals surface area contributed by atoms with Crippen LogP contribution in [0.5, 0.6) is 5.75 Å². The van der Waals surface area contributed by atoms with Crippen LogP contribution in [0.1, 0.15) is 65.9 Å². The minimum Gasteiger partial charge on any atom is -0.383 e. The summed E-state index contributed by atoms with van der Waals surface area (Å²) in [6.07, 6.45) is 4.58. The molecule has 0 aliphatic carbocycles. The maximum Gasteiger partial charge on any atom is 0.306 e. The Morgan fingerprint density at radius 3 is 2.26 bits per heavy atom. The molecule has 1 aromatic rings. The standard InChI is InChI=1S/C21H35NO4S/c1-7-8-13-22(20(23)14-17(2)15-21(3,4)5)16-18-9-11-19(12-10-18)26-27(6,24)25/h9-12,17H,7-8,13-16H2,1-6H3/t17-/m1/s1. The van der Waals surface area contributed by atoms with Gasteiger partial charge in [-0.2, -0.15) is 8.42 Å². The molecule has 0 aliphatic rings. The van der Waals surface area contributed by atoms with Crippen LogP contribution in [0.3, 0.4) is 0 Å². The molecule has 1 aromatic carbocycles. The summed E-state index contributed by atoms with van der Waals surface area (Å²) in [5, 5.41) is 0. The molecule has 0 unspecified atom stereocenters. The van der Waals surface area contributed by atoms with Gasteiger partial charge >= 0.3 is 10.1 Å². The maximum atomic E-state index is 12.8. The first-order valence-electron chi connectivity index (χ1n) is 9.66. The first-order chi connectivity index (χ1) is 12.4. The number of amides is 1. The van der Waals surface area contributed by atoms with Crippen LogP contribution in [0.25, 0.3) is 0 Å². The van der Waals surface area contributed by atoms with E-state index in [9.17, 15) is 13.2 Å². The number of nitrogens with zero attached hydrogens (tertiary/aromatic N) is 1. The third kappa shape index (κ3) is 10.4. The second-order valence-electron chi connectivity index (χ2n) is 8.67. The topological polar surface area (TPSA) is 63.7 Å². The van der Waals surface area contributed by atoms with Crippen LogP contribution in [0, 0.1) is 11.3 Å². The van der Waals surface area contributed by atoms with Crippen LogP contribution in [0.4, 0.5) is 0 Å². The normalized spacial score (nSPS) is 13.3. The molecule has 0 saturated heterocycles. The van der Waals surface area contributed by atoms with Gasteiger partial charge in [-0.25, -0.2) is 0 Å². The third-order valence-electron chi connectivity index (χ3n) is 4.16. The van der Waals surface area contributed by atoms with Gasteiger partial charge in [0.1, 0.15) is 5.75 Å². The number of benzene rings is 1. The highest BCUT2D eigenvalue weighted by molar-refractivity contribution is 7.86. The summed E-state index contributed by atoms with van der Waals surface area (Å²) in [6, 6.07) is 6.87. The van der Waals surface area contributed by atoms with Gasteiger partial charge in [-0.3, -0.25) is 4.79 Å². The first kappa shape index (κ1) is 23.5. The molecule has 6 heteroatoms. The van der Waals surface area contributed by atoms with Crippen molar-refractivity contribution < 1.29 is 17.4 Å². The van der Waals surface area contributed by atoms with Gasteiger partial charge in [-0.1, -0.05) is 53.2 Å². The predicted octanol–water partition coefficient (Wildman–Crippen LogP) is 4.62. The van der Waals surface area contributed by atoms with Gasteiger partial charge in [0.2, 0.25) is 5.91 Å². The lowest BCUT2D eigenvalue weighted by Gasteiger charge is -2.27. The highest BCUT2D eigenvalue weighted by Gasteiger charge is 2.21. The number of unbranched alkanes of at least 4 members (excludes halogenated alkanes) is 1. The van der Waals surface area contributed by atoms with E-state index in [4.69, 9.17) is 4.18 Å². The Morgan fingerprint density at radius 1 is 1.19 bits per heavy atom. The number of hydrogen-bond donors (Lipinski definition) is 0. The molecule has 154 valence electrons. The van der Waals surface area contributed by atoms with Crippen molar-refractivity contribution in [2.24, 2.45) is 11.3 Å². The Hall–Kier alpha value is -1.56. The molecule has 1 rings (SSSR count). The molecule has 1 amide bonds. The molecule has 0 spiro atoms. The molecule has 0 fully saturated rings. The second kappa shape index (κ2) is 10.1. The van der Waals surface area contributed by atoms with E-state index in [1.54, 1.807) is 12.1 Å². The lowest BCUT2D eigenvalue weighted by Crippen LogP contribution is -2.33. The van der Waals surface area contributed by atoms with Gasteiger partial charge in [0.05, 0.1) is 6.26 Å². The highest BCUT2D eigenvalue weighted by Crippen LogP contribution is 2.26. The van der Waals surface area contributed by atoms with Crippen molar-refractivity contribution in [3.63, 3.8) is 0 Å². The molecule has 0 saturated carbocycles. The molecule has 0 N–H and O–H groups in total. The summed E-state index contributed by atoms with van der Waals surface area (Å²) in [5.74, 6) is 0.801. The molecule has 5 nitrogen and oxygen atoms in total. The minimum atomic E-state index is -3.53. The van der Waals surface area contributed by atoms with E-state index in [-0.39, 0.29) is 17.1 Å². The summed E-state index contributed by atoms with van der Waals surface area (Å²) >= 11 is 0. The zero-order chi connectivity index (χ0) is 20.7. The van der Waals surface area contributed by atoms with Gasteiger partial charge in [0, 0.05) is 19.5 Å². The van der Waals surface area contributed by atoms with Crippen LogP contribution in [-0.4, -0.2) is 32.0 Å². The fourth-order valence-corrected chi connectivity index (χ4v) is 3.69. The molecule has 0 heterocycles. The van der Waals surface area contributed by atoms with Gasteiger partial charge in [0.25, 0.3) is 0 Å². The van der Waals surface area contributed by atoms with Crippen LogP contribution in [0.2, 0.25) is 0 Å². The van der Waals surface area contributed by atoms with Crippen molar-refractivity contribution in [2.45, 2.75) is 66.8 Å². The van der Waals surface area contributed by atoms with E-state index in [2.05, 4.69) is 34.6 Å². The average molecular weight is 398 g/mol. The largest absolute Gasteiger partial charge is 0.383 e. The zero-order valence-electron chi connectivity index (χ0n) is 17.6. The van der Waals surface area contributed by atoms with E-state index in [0.29, 0.717) is 18.9 Å². The highest BCUT2D eigenvalue weighted by atomic mass is 32.2. The smallest absolute Gasteiger partial charge is 0.306 e. The van der Waals surface area contributed by atoms with Gasteiger partial charge in [0.15, 0.2) is 0 Å². The lowest BCUT2D eigenvalue weighted by atomic mass is 9.84. The predicted molar refractivity (Wildman–Crippen MR) is 110 cm³/mol. The fraction of sp³-hybridized carbons (Fsp3) is 0.667. The number of carbonyl (C=O) groups is 1. The van der Waals surface area contributed by atoms with Crippen LogP contribution < -0.4 is 4.18 Å². The van der Waals surface area contributed by atoms with Crippen molar-refractivity contribution in [2.75, 3.05) is 12.8 Å². The van der Waals surface area contributed by atoms with Crippen molar-refractivity contribution in [1.29, 1.82) is 0 Å². The van der Waals surface area contributed by atoms with Crippen molar-refractivity contribution in [3.8, 4) is 5.75 Å². The summed E-state index contributed by atoms with van der Waals surface area (Å²) in [4.78, 5) is 14.7. The molecular formula is C21H35NO4S. The van der Waals surface area contributed by atoms with Crippen molar-refractivity contribution in [3.05, 3.63) is 29.8 Å². The van der Waals surface area contributed by atoms with Crippen molar-refractivity contribution >= 4 is 16.0 Å². The number of carbonyl (C=O) groups excluding carboxylic acids is 1. The van der Waals surface area contributed by atoms with Crippen molar-refractivity contribution in [1.82, 2.24) is 4.90 Å². The van der Waals surface area contributed by atoms with Crippen LogP contribution in [0.15, 0.2) is 24.3 Å². The Morgan fingerprint density at radius 2 is 1.78 bits per heavy atom. The number of rotatable bonds is 10. The fourth-order valence-electron chi connectivity index (χ4n) is 3.23. The van der Waals surface area contributed by atoms with E-state index < -0.39 is 10.1 Å². The molecule has 0 radical (unpaired) electrons. The third-order valence-corrected chi connectivity index (χ3v) is 4.66. The SMILES string of the molecule is CCCCN(Cc1ccc(OS(C)(=O)=O)cc1)C(=O)C[C@@H](C)CC(C)(C)C. The van der Waals surface area contributed by atoms with E-state index in [1.165, 1.54) is 0 Å². The van der Waals surface area contributed by atoms with Gasteiger partial charge in [-0.15, -0.1) is 0 Å². The molecule has 27 heavy (non-hydrogen) atoms. The Labute approximate surface area is 165 Å². The molecule has 0 aliphatic heterocycles. The van der Waals surface area contributed by atoms with E-state index in [0.717, 1.165) is 37.6 Å². The summed E-state index contributed by atoms with van der Waals surface area (Å²) in [5.41, 5.74) is 1.17. The monoisotopic (exact) mass is 397 g/mol. The van der Waals surface area contributed by atoms with Gasteiger partial charge < -0.3 is 9.08 Å². The second-order valence-corrected chi connectivity index (χ2v) is 10.2. The van der Waals surface area contributed by atoms with Crippen LogP contribution in [-0.2, 0) is 21.5 Å².